The van der Waals surface area contributed by atoms with Crippen molar-refractivity contribution in [1.29, 1.82) is 0 Å². The Morgan fingerprint density at radius 1 is 1.14 bits per heavy atom. The molecule has 0 aliphatic carbocycles. The highest BCUT2D eigenvalue weighted by Gasteiger charge is 2.48. The summed E-state index contributed by atoms with van der Waals surface area (Å²) in [5.74, 6) is -0.255. The second-order valence-electron chi connectivity index (χ2n) is 7.05. The van der Waals surface area contributed by atoms with Gasteiger partial charge in [0.25, 0.3) is 5.91 Å². The van der Waals surface area contributed by atoms with Gasteiger partial charge in [-0.2, -0.15) is 4.99 Å². The molecule has 0 N–H and O–H groups in total. The maximum Gasteiger partial charge on any atom is 0.280 e. The summed E-state index contributed by atoms with van der Waals surface area (Å²) in [5, 5.41) is 1.14. The van der Waals surface area contributed by atoms with E-state index in [1.165, 1.54) is 17.8 Å². The maximum absolute atomic E-state index is 12.7. The summed E-state index contributed by atoms with van der Waals surface area (Å²) in [6.07, 6.45) is 0.736. The van der Waals surface area contributed by atoms with Crippen LogP contribution in [0, 0.1) is 0 Å². The topological polar surface area (TPSA) is 66.8 Å². The van der Waals surface area contributed by atoms with Crippen molar-refractivity contribution in [2.24, 2.45) is 4.99 Å². The lowest BCUT2D eigenvalue weighted by Gasteiger charge is -2.24. The molecule has 0 aromatic heterocycles. The molecule has 0 spiro atoms. The average molecular weight is 469 g/mol. The first-order valence-electron chi connectivity index (χ1n) is 9.08. The molecule has 0 unspecified atom stereocenters. The molecule has 2 aliphatic heterocycles. The van der Waals surface area contributed by atoms with E-state index in [1.54, 1.807) is 12.1 Å². The fourth-order valence-electron chi connectivity index (χ4n) is 3.60. The van der Waals surface area contributed by atoms with Crippen LogP contribution >= 0.6 is 35.0 Å². The zero-order valence-corrected chi connectivity index (χ0v) is 18.4. The van der Waals surface area contributed by atoms with E-state index >= 15 is 0 Å². The number of hydrogen-bond acceptors (Lipinski definition) is 4. The van der Waals surface area contributed by atoms with Crippen molar-refractivity contribution in [3.05, 3.63) is 69.7 Å². The van der Waals surface area contributed by atoms with Crippen LogP contribution in [0.5, 0.6) is 0 Å². The molecule has 1 amide bonds. The molecule has 2 atom stereocenters. The van der Waals surface area contributed by atoms with Crippen molar-refractivity contribution in [2.45, 2.75) is 17.7 Å². The Morgan fingerprint density at radius 3 is 2.62 bits per heavy atom. The summed E-state index contributed by atoms with van der Waals surface area (Å²) >= 11 is 13.4. The number of halogens is 2. The minimum atomic E-state index is -3.08. The van der Waals surface area contributed by atoms with E-state index in [0.717, 1.165) is 12.0 Å². The Labute approximate surface area is 184 Å². The molecule has 2 aromatic rings. The molecule has 2 heterocycles. The number of rotatable bonds is 4. The minimum Gasteiger partial charge on any atom is -0.346 e. The summed E-state index contributed by atoms with van der Waals surface area (Å²) in [6, 6.07) is 14.4. The number of amidine groups is 1. The van der Waals surface area contributed by atoms with Crippen LogP contribution in [-0.4, -0.2) is 53.7 Å². The monoisotopic (exact) mass is 468 g/mol. The number of fused-ring (bicyclic) bond motifs is 1. The van der Waals surface area contributed by atoms with Gasteiger partial charge in [0.2, 0.25) is 0 Å². The molecule has 29 heavy (non-hydrogen) atoms. The van der Waals surface area contributed by atoms with E-state index in [2.05, 4.69) is 4.99 Å². The van der Waals surface area contributed by atoms with Gasteiger partial charge in [0.1, 0.15) is 0 Å². The Bertz CT molecular complexity index is 1070. The maximum atomic E-state index is 12.7. The zero-order chi connectivity index (χ0) is 20.6. The highest BCUT2D eigenvalue weighted by molar-refractivity contribution is 8.15. The van der Waals surface area contributed by atoms with Gasteiger partial charge >= 0.3 is 0 Å². The zero-order valence-electron chi connectivity index (χ0n) is 15.3. The highest BCUT2D eigenvalue weighted by atomic mass is 35.5. The van der Waals surface area contributed by atoms with Gasteiger partial charge in [-0.3, -0.25) is 4.79 Å². The molecule has 2 aromatic carbocycles. The molecule has 5 nitrogen and oxygen atoms in total. The van der Waals surface area contributed by atoms with Crippen molar-refractivity contribution < 1.29 is 13.2 Å². The highest BCUT2D eigenvalue weighted by Crippen LogP contribution is 2.38. The molecule has 9 heteroatoms. The smallest absolute Gasteiger partial charge is 0.280 e. The number of hydrogen-bond donors (Lipinski definition) is 0. The standard InChI is InChI=1S/C20H18Cl2N2O3S2/c21-14-6-7-15(16(22)10-14)19(25)23-20-24(9-8-13-4-2-1-3-5-13)17-11-29(26,27)12-18(17)28-20/h1-7,10,17-18H,8-9,11-12H2/t17-,18-/m0/s1. The second-order valence-corrected chi connectivity index (χ2v) is 11.3. The summed E-state index contributed by atoms with van der Waals surface area (Å²) in [7, 11) is -3.08. The fraction of sp³-hybridized carbons (Fsp3) is 0.300. The Hall–Kier alpha value is -1.54. The van der Waals surface area contributed by atoms with Crippen LogP contribution in [-0.2, 0) is 16.3 Å². The summed E-state index contributed by atoms with van der Waals surface area (Å²) in [6.45, 7) is 0.591. The van der Waals surface area contributed by atoms with Gasteiger partial charge in [-0.25, -0.2) is 8.42 Å². The summed E-state index contributed by atoms with van der Waals surface area (Å²) < 4.78 is 24.2. The summed E-state index contributed by atoms with van der Waals surface area (Å²) in [4.78, 5) is 19.0. The van der Waals surface area contributed by atoms with Crippen molar-refractivity contribution >= 4 is 55.9 Å². The predicted octanol–water partition coefficient (Wildman–Crippen LogP) is 3.95. The predicted molar refractivity (Wildman–Crippen MR) is 119 cm³/mol. The summed E-state index contributed by atoms with van der Waals surface area (Å²) in [5.41, 5.74) is 1.42. The first-order valence-corrected chi connectivity index (χ1v) is 12.5. The Kier molecular flexibility index (Phi) is 5.93. The average Bonchev–Trinajstić information content (AvgIpc) is 3.11. The number of benzene rings is 2. The molecule has 2 aliphatic rings. The van der Waals surface area contributed by atoms with Gasteiger partial charge in [-0.05, 0) is 30.2 Å². The van der Waals surface area contributed by atoms with E-state index in [4.69, 9.17) is 23.2 Å². The van der Waals surface area contributed by atoms with E-state index in [0.29, 0.717) is 16.7 Å². The van der Waals surface area contributed by atoms with Crippen LogP contribution in [0.15, 0.2) is 53.5 Å². The van der Waals surface area contributed by atoms with Crippen LogP contribution in [0.2, 0.25) is 10.0 Å². The fourth-order valence-corrected chi connectivity index (χ4v) is 8.07. The van der Waals surface area contributed by atoms with Crippen LogP contribution in [0.1, 0.15) is 15.9 Å². The quantitative estimate of drug-likeness (QED) is 0.679. The number of sulfone groups is 1. The van der Waals surface area contributed by atoms with Gasteiger partial charge in [-0.15, -0.1) is 0 Å². The molecular weight excluding hydrogens is 451 g/mol. The van der Waals surface area contributed by atoms with Crippen LogP contribution in [0.4, 0.5) is 0 Å². The van der Waals surface area contributed by atoms with Gasteiger partial charge in [0.05, 0.1) is 28.1 Å². The number of thioether (sulfide) groups is 1. The van der Waals surface area contributed by atoms with Gasteiger partial charge in [-0.1, -0.05) is 65.3 Å². The molecule has 0 saturated carbocycles. The van der Waals surface area contributed by atoms with E-state index in [-0.39, 0.29) is 33.4 Å². The lowest BCUT2D eigenvalue weighted by Crippen LogP contribution is -2.39. The van der Waals surface area contributed by atoms with Gasteiger partial charge < -0.3 is 4.90 Å². The minimum absolute atomic E-state index is 0.0916. The van der Waals surface area contributed by atoms with Crippen molar-refractivity contribution in [1.82, 2.24) is 4.90 Å². The number of amides is 1. The van der Waals surface area contributed by atoms with Crippen LogP contribution in [0.3, 0.4) is 0 Å². The molecule has 2 fully saturated rings. The third kappa shape index (κ3) is 4.63. The first-order chi connectivity index (χ1) is 13.8. The molecule has 2 saturated heterocycles. The number of carbonyl (C=O) groups excluding carboxylic acids is 1. The number of nitrogens with zero attached hydrogens (tertiary/aromatic N) is 2. The molecule has 4 rings (SSSR count). The molecule has 0 bridgehead atoms. The first kappa shape index (κ1) is 20.7. The normalized spacial score (nSPS) is 24.1. The lowest BCUT2D eigenvalue weighted by molar-refractivity contribution is 0.100. The van der Waals surface area contributed by atoms with E-state index in [9.17, 15) is 13.2 Å². The Balaban J connectivity index is 1.60. The van der Waals surface area contributed by atoms with Crippen molar-refractivity contribution in [2.75, 3.05) is 18.1 Å². The van der Waals surface area contributed by atoms with Crippen molar-refractivity contribution in [3.8, 4) is 0 Å². The molecule has 152 valence electrons. The number of aliphatic imine (C=N–C) groups is 1. The van der Waals surface area contributed by atoms with Gasteiger partial charge in [0.15, 0.2) is 15.0 Å². The second kappa shape index (κ2) is 8.30. The Morgan fingerprint density at radius 2 is 1.90 bits per heavy atom. The third-order valence-electron chi connectivity index (χ3n) is 5.02. The van der Waals surface area contributed by atoms with E-state index < -0.39 is 15.7 Å². The largest absolute Gasteiger partial charge is 0.346 e. The van der Waals surface area contributed by atoms with Crippen LogP contribution < -0.4 is 0 Å². The van der Waals surface area contributed by atoms with Crippen LogP contribution in [0.25, 0.3) is 0 Å². The van der Waals surface area contributed by atoms with Crippen molar-refractivity contribution in [3.63, 3.8) is 0 Å². The number of carbonyl (C=O) groups is 1. The SMILES string of the molecule is O=C(N=C1S[C@H]2CS(=O)(=O)C[C@@H]2N1CCc1ccccc1)c1ccc(Cl)cc1Cl. The van der Waals surface area contributed by atoms with E-state index in [1.807, 2.05) is 35.2 Å². The lowest BCUT2D eigenvalue weighted by atomic mass is 10.1. The third-order valence-corrected chi connectivity index (χ3v) is 8.81. The molecule has 0 radical (unpaired) electrons. The van der Waals surface area contributed by atoms with Gasteiger partial charge in [0, 0.05) is 16.8 Å². The molecular formula is C20H18Cl2N2O3S2.